The van der Waals surface area contributed by atoms with Crippen LogP contribution in [0, 0.1) is 5.92 Å². The molecular weight excluding hydrogens is 342 g/mol. The van der Waals surface area contributed by atoms with Crippen LogP contribution in [0.5, 0.6) is 5.75 Å². The van der Waals surface area contributed by atoms with E-state index >= 15 is 0 Å². The minimum atomic E-state index is -0.264. The quantitative estimate of drug-likeness (QED) is 0.820. The molecule has 6 nitrogen and oxygen atoms in total. The lowest BCUT2D eigenvalue weighted by atomic mass is 9.74. The second kappa shape index (κ2) is 7.35. The smallest absolute Gasteiger partial charge is 0.270 e. The van der Waals surface area contributed by atoms with E-state index in [2.05, 4.69) is 23.4 Å². The van der Waals surface area contributed by atoms with Crippen LogP contribution in [0.4, 0.5) is 0 Å². The maximum Gasteiger partial charge on any atom is 0.270 e. The third-order valence-electron chi connectivity index (χ3n) is 5.65. The molecule has 4 rings (SSSR count). The molecule has 2 aromatic rings. The fraction of sp³-hybridized carbons (Fsp3) is 0.524. The third kappa shape index (κ3) is 3.58. The maximum absolute atomic E-state index is 13.0. The van der Waals surface area contributed by atoms with E-state index in [9.17, 15) is 9.90 Å². The lowest BCUT2D eigenvalue weighted by Gasteiger charge is -2.38. The molecule has 0 saturated heterocycles. The predicted octanol–water partition coefficient (Wildman–Crippen LogP) is 2.55. The van der Waals surface area contributed by atoms with Crippen molar-refractivity contribution >= 4 is 5.91 Å². The monoisotopic (exact) mass is 369 g/mol. The number of aryl methyl sites for hydroxylation is 2. The van der Waals surface area contributed by atoms with Crippen LogP contribution >= 0.6 is 0 Å². The molecule has 27 heavy (non-hydrogen) atoms. The fourth-order valence-electron chi connectivity index (χ4n) is 4.11. The minimum absolute atomic E-state index is 0.115. The highest BCUT2D eigenvalue weighted by Gasteiger charge is 2.36. The number of rotatable bonds is 6. The number of carbonyl (C=O) groups excluding carboxylic acids is 1. The summed E-state index contributed by atoms with van der Waals surface area (Å²) < 4.78 is 7.26. The number of amides is 1. The minimum Gasteiger partial charge on any atom is -0.493 e. The van der Waals surface area contributed by atoms with E-state index in [0.29, 0.717) is 25.1 Å². The molecule has 6 heteroatoms. The number of nitrogens with zero attached hydrogens (tertiary/aromatic N) is 2. The first-order valence-electron chi connectivity index (χ1n) is 9.82. The van der Waals surface area contributed by atoms with Crippen molar-refractivity contribution in [3.05, 3.63) is 46.8 Å². The van der Waals surface area contributed by atoms with E-state index in [1.54, 1.807) is 4.68 Å². The summed E-state index contributed by atoms with van der Waals surface area (Å²) in [6.45, 7) is 2.82. The van der Waals surface area contributed by atoms with Crippen molar-refractivity contribution in [1.29, 1.82) is 0 Å². The molecule has 2 aliphatic rings. The molecule has 1 saturated carbocycles. The number of aliphatic hydroxyl groups excluding tert-OH is 1. The number of aliphatic hydroxyl groups is 1. The van der Waals surface area contributed by atoms with Crippen molar-refractivity contribution in [2.45, 2.75) is 51.2 Å². The molecular formula is C21H27N3O3. The van der Waals surface area contributed by atoms with Gasteiger partial charge in [0.1, 0.15) is 11.4 Å². The summed E-state index contributed by atoms with van der Waals surface area (Å²) in [5, 5.41) is 17.4. The van der Waals surface area contributed by atoms with Gasteiger partial charge in [0.05, 0.1) is 24.4 Å². The van der Waals surface area contributed by atoms with Gasteiger partial charge in [-0.15, -0.1) is 0 Å². The number of benzene rings is 1. The summed E-state index contributed by atoms with van der Waals surface area (Å²) >= 11 is 0. The highest BCUT2D eigenvalue weighted by atomic mass is 16.5. The molecule has 0 bridgehead atoms. The lowest BCUT2D eigenvalue weighted by molar-refractivity contribution is 0.0234. The summed E-state index contributed by atoms with van der Waals surface area (Å²) in [6, 6.07) is 7.93. The molecule has 0 radical (unpaired) electrons. The van der Waals surface area contributed by atoms with E-state index in [1.165, 1.54) is 5.56 Å². The Kier molecular flexibility index (Phi) is 4.91. The first-order valence-corrected chi connectivity index (χ1v) is 9.82. The lowest BCUT2D eigenvalue weighted by Crippen LogP contribution is -2.41. The topological polar surface area (TPSA) is 76.4 Å². The van der Waals surface area contributed by atoms with E-state index in [-0.39, 0.29) is 24.0 Å². The van der Waals surface area contributed by atoms with Crippen LogP contribution in [-0.2, 0) is 19.9 Å². The SMILES string of the molecule is CCCc1cc(C(=O)NC(c2ccc3c(c2)CCO3)C2CC(O)C2)n(C)n1. The molecule has 1 aromatic heterocycles. The van der Waals surface area contributed by atoms with Crippen molar-refractivity contribution in [2.75, 3.05) is 6.61 Å². The van der Waals surface area contributed by atoms with Gasteiger partial charge in [0.15, 0.2) is 0 Å². The third-order valence-corrected chi connectivity index (χ3v) is 5.65. The van der Waals surface area contributed by atoms with E-state index in [0.717, 1.165) is 36.3 Å². The number of fused-ring (bicyclic) bond motifs is 1. The first-order chi connectivity index (χ1) is 13.0. The van der Waals surface area contributed by atoms with E-state index < -0.39 is 0 Å². The molecule has 0 spiro atoms. The molecule has 1 fully saturated rings. The zero-order chi connectivity index (χ0) is 19.0. The number of aromatic nitrogens is 2. The van der Waals surface area contributed by atoms with Gasteiger partial charge in [0.25, 0.3) is 5.91 Å². The summed E-state index contributed by atoms with van der Waals surface area (Å²) in [7, 11) is 1.81. The predicted molar refractivity (Wildman–Crippen MR) is 102 cm³/mol. The molecule has 1 aliphatic carbocycles. The highest BCUT2D eigenvalue weighted by molar-refractivity contribution is 5.93. The Bertz CT molecular complexity index is 839. The van der Waals surface area contributed by atoms with Crippen molar-refractivity contribution in [1.82, 2.24) is 15.1 Å². The van der Waals surface area contributed by atoms with Gasteiger partial charge in [0, 0.05) is 13.5 Å². The van der Waals surface area contributed by atoms with Gasteiger partial charge >= 0.3 is 0 Å². The van der Waals surface area contributed by atoms with E-state index in [1.807, 2.05) is 25.2 Å². The van der Waals surface area contributed by atoms with Gasteiger partial charge in [-0.25, -0.2) is 0 Å². The standard InChI is InChI=1S/C21H27N3O3/c1-3-4-16-12-18(24(2)23-16)21(26)22-20(15-10-17(25)11-15)14-5-6-19-13(9-14)7-8-27-19/h5-6,9,12,15,17,20,25H,3-4,7-8,10-11H2,1-2H3,(H,22,26). The summed E-state index contributed by atoms with van der Waals surface area (Å²) in [6.07, 6.45) is 3.93. The van der Waals surface area contributed by atoms with Gasteiger partial charge in [-0.3, -0.25) is 9.48 Å². The van der Waals surface area contributed by atoms with Gasteiger partial charge in [-0.2, -0.15) is 5.10 Å². The summed E-state index contributed by atoms with van der Waals surface area (Å²) in [4.78, 5) is 13.0. The Morgan fingerprint density at radius 1 is 1.41 bits per heavy atom. The number of hydrogen-bond donors (Lipinski definition) is 2. The molecule has 144 valence electrons. The zero-order valence-corrected chi connectivity index (χ0v) is 15.9. The Morgan fingerprint density at radius 3 is 2.96 bits per heavy atom. The summed E-state index contributed by atoms with van der Waals surface area (Å²) in [5.74, 6) is 1.07. The Morgan fingerprint density at radius 2 is 2.22 bits per heavy atom. The maximum atomic E-state index is 13.0. The molecule has 2 N–H and O–H groups in total. The van der Waals surface area contributed by atoms with Gasteiger partial charge in [-0.1, -0.05) is 19.4 Å². The van der Waals surface area contributed by atoms with Gasteiger partial charge in [0.2, 0.25) is 0 Å². The normalized spacial score (nSPS) is 21.9. The molecule has 2 heterocycles. The number of carbonyl (C=O) groups is 1. The first kappa shape index (κ1) is 18.0. The molecule has 1 atom stereocenters. The molecule has 1 unspecified atom stereocenters. The fourth-order valence-corrected chi connectivity index (χ4v) is 4.11. The van der Waals surface area contributed by atoms with Crippen molar-refractivity contribution in [3.8, 4) is 5.75 Å². The Balaban J connectivity index is 1.57. The summed E-state index contributed by atoms with van der Waals surface area (Å²) in [5.41, 5.74) is 3.79. The van der Waals surface area contributed by atoms with Crippen LogP contribution in [0.2, 0.25) is 0 Å². The molecule has 1 amide bonds. The van der Waals surface area contributed by atoms with Crippen LogP contribution in [0.1, 0.15) is 59.5 Å². The van der Waals surface area contributed by atoms with Crippen molar-refractivity contribution in [2.24, 2.45) is 13.0 Å². The average molecular weight is 369 g/mol. The van der Waals surface area contributed by atoms with Crippen LogP contribution in [-0.4, -0.2) is 33.5 Å². The molecule has 1 aliphatic heterocycles. The van der Waals surface area contributed by atoms with Crippen LogP contribution in [0.15, 0.2) is 24.3 Å². The Hall–Kier alpha value is -2.34. The second-order valence-electron chi connectivity index (χ2n) is 7.70. The van der Waals surface area contributed by atoms with E-state index in [4.69, 9.17) is 4.74 Å². The van der Waals surface area contributed by atoms with Crippen LogP contribution in [0.3, 0.4) is 0 Å². The molecule has 1 aromatic carbocycles. The van der Waals surface area contributed by atoms with Gasteiger partial charge in [-0.05, 0) is 54.5 Å². The number of nitrogens with one attached hydrogen (secondary N) is 1. The van der Waals surface area contributed by atoms with Crippen molar-refractivity contribution < 1.29 is 14.6 Å². The van der Waals surface area contributed by atoms with Crippen LogP contribution in [0.25, 0.3) is 0 Å². The van der Waals surface area contributed by atoms with Crippen molar-refractivity contribution in [3.63, 3.8) is 0 Å². The number of ether oxygens (including phenoxy) is 1. The highest BCUT2D eigenvalue weighted by Crippen LogP contribution is 2.40. The number of hydrogen-bond acceptors (Lipinski definition) is 4. The van der Waals surface area contributed by atoms with Gasteiger partial charge < -0.3 is 15.2 Å². The zero-order valence-electron chi connectivity index (χ0n) is 15.9. The van der Waals surface area contributed by atoms with Crippen LogP contribution < -0.4 is 10.1 Å². The average Bonchev–Trinajstić information content (AvgIpc) is 3.23. The Labute approximate surface area is 159 Å². The largest absolute Gasteiger partial charge is 0.493 e. The second-order valence-corrected chi connectivity index (χ2v) is 7.70.